The van der Waals surface area contributed by atoms with Gasteiger partial charge in [0.25, 0.3) is 0 Å². The molecule has 0 aliphatic rings. The lowest BCUT2D eigenvalue weighted by molar-refractivity contribution is -0.102. The summed E-state index contributed by atoms with van der Waals surface area (Å²) in [6.45, 7) is 2.84. The highest BCUT2D eigenvalue weighted by Gasteiger charge is 2.02. The zero-order valence-electron chi connectivity index (χ0n) is 12.5. The van der Waals surface area contributed by atoms with E-state index in [2.05, 4.69) is 19.1 Å². The monoisotopic (exact) mass is 300 g/mol. The van der Waals surface area contributed by atoms with E-state index in [-0.39, 0.29) is 19.3 Å². The van der Waals surface area contributed by atoms with Crippen LogP contribution < -0.4 is 0 Å². The summed E-state index contributed by atoms with van der Waals surface area (Å²) in [6.07, 6.45) is 14.0. The van der Waals surface area contributed by atoms with Crippen LogP contribution in [0.2, 0.25) is 4.55 Å². The fourth-order valence-corrected chi connectivity index (χ4v) is 2.74. The van der Waals surface area contributed by atoms with Crippen LogP contribution in [0, 0.1) is 0 Å². The van der Waals surface area contributed by atoms with Crippen molar-refractivity contribution in [1.29, 1.82) is 0 Å². The Kier molecular flexibility index (Phi) is 17.4. The van der Waals surface area contributed by atoms with Gasteiger partial charge in [0.2, 0.25) is 0 Å². The van der Waals surface area contributed by atoms with E-state index in [4.69, 9.17) is 13.8 Å². The summed E-state index contributed by atoms with van der Waals surface area (Å²) in [7, 11) is 5.72. The maximum absolute atomic E-state index is 9.63. The summed E-state index contributed by atoms with van der Waals surface area (Å²) in [6, 6.07) is 0. The van der Waals surface area contributed by atoms with Gasteiger partial charge in [0.1, 0.15) is 0 Å². The first kappa shape index (κ1) is 19.7. The quantitative estimate of drug-likeness (QED) is 0.218. The number of aliphatic hydroxyl groups is 1. The van der Waals surface area contributed by atoms with Crippen molar-refractivity contribution in [2.45, 2.75) is 75.6 Å². The second-order valence-electron chi connectivity index (χ2n) is 4.97. The first-order chi connectivity index (χ1) is 9.31. The van der Waals surface area contributed by atoms with Crippen molar-refractivity contribution in [3.05, 3.63) is 12.2 Å². The predicted molar refractivity (Wildman–Crippen MR) is 84.7 cm³/mol. The summed E-state index contributed by atoms with van der Waals surface area (Å²) in [5, 5.41) is 9.63. The van der Waals surface area contributed by atoms with E-state index in [0.29, 0.717) is 6.61 Å². The molecule has 0 rings (SSSR count). The summed E-state index contributed by atoms with van der Waals surface area (Å²) in [5.74, 6) is 0. The van der Waals surface area contributed by atoms with E-state index in [9.17, 15) is 5.11 Å². The fraction of sp³-hybridized carbons (Fsp3) is 0.867. The van der Waals surface area contributed by atoms with Gasteiger partial charge in [-0.05, 0) is 19.3 Å². The van der Waals surface area contributed by atoms with Crippen molar-refractivity contribution in [3.8, 4) is 0 Å². The minimum absolute atomic E-state index is 0.307. The Bertz CT molecular complexity index is 201. The van der Waals surface area contributed by atoms with E-state index in [0.717, 1.165) is 25.7 Å². The highest BCUT2D eigenvalue weighted by Crippen LogP contribution is 2.09. The molecule has 0 saturated carbocycles. The van der Waals surface area contributed by atoms with Gasteiger partial charge in [-0.3, -0.25) is 0 Å². The zero-order chi connectivity index (χ0) is 14.2. The van der Waals surface area contributed by atoms with E-state index in [1.54, 1.807) is 0 Å². The molecule has 2 nitrogen and oxygen atoms in total. The van der Waals surface area contributed by atoms with Crippen molar-refractivity contribution < 1.29 is 9.84 Å². The second kappa shape index (κ2) is 16.8. The van der Waals surface area contributed by atoms with E-state index >= 15 is 0 Å². The second-order valence-corrected chi connectivity index (χ2v) is 7.19. The lowest BCUT2D eigenvalue weighted by atomic mass is 10.1. The number of hydrogen-bond donors (Lipinski definition) is 1. The Morgan fingerprint density at radius 1 is 1.11 bits per heavy atom. The number of aliphatic hydroxyl groups excluding tert-OH is 1. The van der Waals surface area contributed by atoms with Gasteiger partial charge in [0, 0.05) is 0 Å². The molecule has 4 heteroatoms. The van der Waals surface area contributed by atoms with Crippen LogP contribution in [0.25, 0.3) is 0 Å². The number of unbranched alkanes of at least 4 members (excludes halogenated alkanes) is 5. The average molecular weight is 301 g/mol. The van der Waals surface area contributed by atoms with Crippen molar-refractivity contribution >= 4 is 28.3 Å². The molecule has 0 aromatic rings. The third kappa shape index (κ3) is 16.7. The largest absolute Gasteiger partial charge is 0.501 e. The minimum Gasteiger partial charge on any atom is -0.368 e. The molecule has 0 spiro atoms. The molecule has 0 aliphatic carbocycles. The van der Waals surface area contributed by atoms with Crippen LogP contribution in [-0.2, 0) is 4.74 Å². The van der Waals surface area contributed by atoms with E-state index in [1.807, 2.05) is 0 Å². The van der Waals surface area contributed by atoms with Crippen molar-refractivity contribution in [2.75, 3.05) is 6.61 Å². The van der Waals surface area contributed by atoms with Crippen molar-refractivity contribution in [3.63, 3.8) is 0 Å². The number of hydrogen-bond acceptors (Lipinski definition) is 2. The summed E-state index contributed by atoms with van der Waals surface area (Å²) < 4.78 is 6.53. The Morgan fingerprint density at radius 3 is 2.53 bits per heavy atom. The third-order valence-corrected chi connectivity index (χ3v) is 4.55. The summed E-state index contributed by atoms with van der Waals surface area (Å²) in [5.41, 5.74) is 0. The molecule has 110 valence electrons. The highest BCUT2D eigenvalue weighted by atomic mass is 35.5. The molecule has 0 radical (unpaired) electrons. The van der Waals surface area contributed by atoms with Crippen LogP contribution in [0.15, 0.2) is 12.2 Å². The van der Waals surface area contributed by atoms with Crippen LogP contribution in [0.1, 0.15) is 64.7 Å². The minimum atomic E-state index is -0.574. The molecule has 0 aromatic heterocycles. The van der Waals surface area contributed by atoms with Crippen molar-refractivity contribution in [1.82, 2.24) is 0 Å². The molecule has 19 heavy (non-hydrogen) atoms. The van der Waals surface area contributed by atoms with Crippen LogP contribution in [-0.4, -0.2) is 37.3 Å². The molecule has 0 amide bonds. The molecular formula is C15H29ClMgO2. The van der Waals surface area contributed by atoms with Crippen molar-refractivity contribution in [2.24, 2.45) is 0 Å². The fourth-order valence-electron chi connectivity index (χ4n) is 1.89. The predicted octanol–water partition coefficient (Wildman–Crippen LogP) is 4.68. The van der Waals surface area contributed by atoms with Gasteiger partial charge in [-0.15, -0.1) is 4.55 Å². The van der Waals surface area contributed by atoms with E-state index in [1.165, 1.54) is 36.7 Å². The Labute approximate surface area is 132 Å². The van der Waals surface area contributed by atoms with Gasteiger partial charge in [0.05, 0.1) is 6.61 Å². The van der Waals surface area contributed by atoms with E-state index < -0.39 is 6.29 Å². The smallest absolute Gasteiger partial charge is 0.368 e. The molecule has 0 bridgehead atoms. The van der Waals surface area contributed by atoms with Gasteiger partial charge in [-0.2, -0.15) is 0 Å². The Hall–Kier alpha value is 0.716. The molecule has 0 aliphatic heterocycles. The molecule has 1 unspecified atom stereocenters. The standard InChI is InChI=1S/C15H29O2.ClH.Mg/c1-3-5-7-9-10-11-13-15(16)17-14-12-8-6-4-2;;/h6,8,15-16H,2-5,7,9-14H2,1H3;1H;/q;;+1/p-1/b8-6-;;. The Morgan fingerprint density at radius 2 is 1.79 bits per heavy atom. The average Bonchev–Trinajstić information content (AvgIpc) is 2.41. The summed E-state index contributed by atoms with van der Waals surface area (Å²) in [4.78, 5) is 0. The Balaban J connectivity index is 3.20. The van der Waals surface area contributed by atoms with Gasteiger partial charge in [-0.1, -0.05) is 57.6 Å². The molecular weight excluding hydrogens is 272 g/mol. The van der Waals surface area contributed by atoms with Gasteiger partial charge >= 0.3 is 19.3 Å². The number of halogens is 1. The maximum atomic E-state index is 9.63. The normalized spacial score (nSPS) is 12.8. The lowest BCUT2D eigenvalue weighted by Crippen LogP contribution is -2.12. The maximum Gasteiger partial charge on any atom is 0.501 e. The number of ether oxygens (including phenoxy) is 1. The molecule has 1 N–H and O–H groups in total. The first-order valence-corrected chi connectivity index (χ1v) is 11.0. The zero-order valence-corrected chi connectivity index (χ0v) is 14.6. The van der Waals surface area contributed by atoms with Crippen LogP contribution in [0.5, 0.6) is 0 Å². The SMILES string of the molecule is CCCCCCCCC(O)OCC/C=C\C[CH2][Mg][Cl]. The highest BCUT2D eigenvalue weighted by molar-refractivity contribution is 6.93. The van der Waals surface area contributed by atoms with Crippen LogP contribution in [0.3, 0.4) is 0 Å². The third-order valence-electron chi connectivity index (χ3n) is 3.07. The van der Waals surface area contributed by atoms with Gasteiger partial charge in [-0.25, -0.2) is 0 Å². The lowest BCUT2D eigenvalue weighted by Gasteiger charge is -2.10. The number of allylic oxidation sites excluding steroid dienone is 1. The molecule has 0 saturated heterocycles. The molecule has 0 fully saturated rings. The molecule has 1 atom stereocenters. The number of rotatable bonds is 14. The summed E-state index contributed by atoms with van der Waals surface area (Å²) >= 11 is -0.307. The van der Waals surface area contributed by atoms with Crippen LogP contribution in [0.4, 0.5) is 0 Å². The topological polar surface area (TPSA) is 29.5 Å². The molecule has 0 heterocycles. The molecule has 0 aromatic carbocycles. The van der Waals surface area contributed by atoms with Gasteiger partial charge in [0.15, 0.2) is 6.29 Å². The van der Waals surface area contributed by atoms with Gasteiger partial charge < -0.3 is 18.9 Å². The van der Waals surface area contributed by atoms with Crippen LogP contribution >= 0.6 is 9.07 Å². The first-order valence-electron chi connectivity index (χ1n) is 7.82.